The molecule has 0 spiro atoms. The lowest BCUT2D eigenvalue weighted by Crippen LogP contribution is -3.08. The fourth-order valence-corrected chi connectivity index (χ4v) is 2.96. The Kier molecular flexibility index (Phi) is 6.94. The van der Waals surface area contributed by atoms with Crippen LogP contribution in [0.25, 0.3) is 0 Å². The molecule has 0 aromatic heterocycles. The molecule has 0 aliphatic carbocycles. The highest BCUT2D eigenvalue weighted by atomic mass is 35.5. The lowest BCUT2D eigenvalue weighted by Gasteiger charge is -2.19. The fraction of sp³-hybridized carbons (Fsp3) is 0.316. The molecule has 0 bridgehead atoms. The van der Waals surface area contributed by atoms with Gasteiger partial charge in [0.25, 0.3) is 5.91 Å². The Hall–Kier alpha value is -2.18. The first kappa shape index (κ1) is 20.1. The summed E-state index contributed by atoms with van der Waals surface area (Å²) in [5.74, 6) is -0.859. The van der Waals surface area contributed by atoms with Crippen LogP contribution in [-0.4, -0.2) is 26.6 Å². The summed E-state index contributed by atoms with van der Waals surface area (Å²) in [7, 11) is 3.44. The average Bonchev–Trinajstić information content (AvgIpc) is 2.54. The number of nitrogens with one attached hydrogen (secondary N) is 2. The zero-order valence-electron chi connectivity index (χ0n) is 14.9. The van der Waals surface area contributed by atoms with Crippen LogP contribution < -0.4 is 15.0 Å². The Morgan fingerprint density at radius 1 is 1.27 bits per heavy atom. The van der Waals surface area contributed by atoms with Gasteiger partial charge in [0.15, 0.2) is 6.54 Å². The van der Waals surface area contributed by atoms with Gasteiger partial charge in [0.05, 0.1) is 20.2 Å². The molecule has 26 heavy (non-hydrogen) atoms. The molecule has 2 aromatic carbocycles. The van der Waals surface area contributed by atoms with Gasteiger partial charge in [-0.3, -0.25) is 4.79 Å². The van der Waals surface area contributed by atoms with E-state index in [1.54, 1.807) is 32.2 Å². The molecule has 1 amide bonds. The summed E-state index contributed by atoms with van der Waals surface area (Å²) in [6.07, 6.45) is 0. The maximum Gasteiger partial charge on any atom is 0.275 e. The lowest BCUT2D eigenvalue weighted by molar-refractivity contribution is -0.885. The van der Waals surface area contributed by atoms with Crippen molar-refractivity contribution in [1.82, 2.24) is 5.32 Å². The van der Waals surface area contributed by atoms with E-state index in [1.807, 2.05) is 7.05 Å². The molecule has 2 aromatic rings. The minimum Gasteiger partial charge on any atom is -0.496 e. The number of hydrogen-bond acceptors (Lipinski definition) is 2. The Bertz CT molecular complexity index is 786. The Morgan fingerprint density at radius 2 is 2.00 bits per heavy atom. The van der Waals surface area contributed by atoms with Crippen LogP contribution in [0.15, 0.2) is 36.4 Å². The third kappa shape index (κ3) is 5.41. The van der Waals surface area contributed by atoms with Crippen molar-refractivity contribution in [3.63, 3.8) is 0 Å². The van der Waals surface area contributed by atoms with Crippen LogP contribution in [0.3, 0.4) is 0 Å². The molecule has 2 N–H and O–H groups in total. The van der Waals surface area contributed by atoms with Crippen molar-refractivity contribution >= 4 is 17.5 Å². The number of rotatable bonds is 7. The van der Waals surface area contributed by atoms with E-state index in [1.165, 1.54) is 12.1 Å². The van der Waals surface area contributed by atoms with Crippen molar-refractivity contribution in [2.24, 2.45) is 0 Å². The molecule has 2 rings (SSSR count). The number of benzene rings is 2. The monoisotopic (exact) mass is 383 g/mol. The van der Waals surface area contributed by atoms with Crippen LogP contribution >= 0.6 is 11.6 Å². The minimum atomic E-state index is -0.679. The number of likely N-dealkylation sites (N-methyl/N-ethyl adjacent to an activating group) is 1. The molecular weight excluding hydrogens is 362 g/mol. The molecule has 0 radical (unpaired) electrons. The van der Waals surface area contributed by atoms with Crippen LogP contribution in [0.2, 0.25) is 5.02 Å². The number of halogens is 3. The molecule has 2 atom stereocenters. The minimum absolute atomic E-state index is 0.183. The maximum absolute atomic E-state index is 13.8. The zero-order valence-corrected chi connectivity index (χ0v) is 15.7. The molecule has 0 heterocycles. The van der Waals surface area contributed by atoms with Gasteiger partial charge < -0.3 is 15.0 Å². The summed E-state index contributed by atoms with van der Waals surface area (Å²) >= 11 is 6.02. The van der Waals surface area contributed by atoms with Gasteiger partial charge in [-0.15, -0.1) is 0 Å². The Morgan fingerprint density at radius 3 is 2.65 bits per heavy atom. The van der Waals surface area contributed by atoms with Crippen molar-refractivity contribution in [2.75, 3.05) is 20.7 Å². The average molecular weight is 384 g/mol. The van der Waals surface area contributed by atoms with Crippen LogP contribution in [0.5, 0.6) is 5.75 Å². The zero-order chi connectivity index (χ0) is 19.3. The first-order valence-corrected chi connectivity index (χ1v) is 8.56. The summed E-state index contributed by atoms with van der Waals surface area (Å²) in [5, 5.41) is 3.33. The predicted molar refractivity (Wildman–Crippen MR) is 96.4 cm³/mol. The summed E-state index contributed by atoms with van der Waals surface area (Å²) in [6, 6.07) is 8.08. The number of amides is 1. The van der Waals surface area contributed by atoms with Crippen LogP contribution in [0, 0.1) is 11.6 Å². The van der Waals surface area contributed by atoms with Gasteiger partial charge in [0, 0.05) is 22.2 Å². The van der Waals surface area contributed by atoms with Gasteiger partial charge in [-0.25, -0.2) is 8.78 Å². The van der Waals surface area contributed by atoms with Crippen LogP contribution in [0.1, 0.15) is 24.1 Å². The van der Waals surface area contributed by atoms with E-state index >= 15 is 0 Å². The summed E-state index contributed by atoms with van der Waals surface area (Å²) in [5.41, 5.74) is 1.14. The number of quaternary nitrogens is 1. The number of carbonyl (C=O) groups excluding carboxylic acids is 1. The van der Waals surface area contributed by atoms with Gasteiger partial charge in [-0.1, -0.05) is 17.7 Å². The molecule has 140 valence electrons. The van der Waals surface area contributed by atoms with Gasteiger partial charge >= 0.3 is 0 Å². The second-order valence-electron chi connectivity index (χ2n) is 6.22. The molecule has 0 aliphatic rings. The Labute approximate surface area is 156 Å². The maximum atomic E-state index is 13.8. The van der Waals surface area contributed by atoms with Crippen molar-refractivity contribution in [3.05, 3.63) is 64.2 Å². The van der Waals surface area contributed by atoms with E-state index < -0.39 is 17.7 Å². The summed E-state index contributed by atoms with van der Waals surface area (Å²) in [6.45, 7) is 2.38. The first-order valence-electron chi connectivity index (χ1n) is 8.18. The van der Waals surface area contributed by atoms with Gasteiger partial charge in [0.1, 0.15) is 23.9 Å². The molecule has 0 saturated carbocycles. The standard InChI is InChI=1S/C19H21ClF2N2O2/c1-12(16-6-5-15(21)9-17(16)22)23-19(25)11-24(2)10-13-8-14(20)4-7-18(13)26-3/h4-9,12H,10-11H2,1-3H3,(H,23,25)/p+1/t12-/m1/s1. The number of hydrogen-bond donors (Lipinski definition) is 2. The number of ether oxygens (including phenoxy) is 1. The fourth-order valence-electron chi connectivity index (χ4n) is 2.77. The quantitative estimate of drug-likeness (QED) is 0.771. The van der Waals surface area contributed by atoms with E-state index in [-0.39, 0.29) is 18.0 Å². The largest absolute Gasteiger partial charge is 0.496 e. The molecule has 7 heteroatoms. The van der Waals surface area contributed by atoms with E-state index in [4.69, 9.17) is 16.3 Å². The topological polar surface area (TPSA) is 42.8 Å². The van der Waals surface area contributed by atoms with E-state index in [2.05, 4.69) is 5.32 Å². The molecule has 4 nitrogen and oxygen atoms in total. The smallest absolute Gasteiger partial charge is 0.275 e. The highest BCUT2D eigenvalue weighted by Crippen LogP contribution is 2.21. The SMILES string of the molecule is COc1ccc(Cl)cc1C[NH+](C)CC(=O)N[C@H](C)c1ccc(F)cc1F. The summed E-state index contributed by atoms with van der Waals surface area (Å²) in [4.78, 5) is 13.2. The van der Waals surface area contributed by atoms with Gasteiger partial charge in [0.2, 0.25) is 0 Å². The summed E-state index contributed by atoms with van der Waals surface area (Å²) < 4.78 is 32.1. The second-order valence-corrected chi connectivity index (χ2v) is 6.66. The molecule has 1 unspecified atom stereocenters. The lowest BCUT2D eigenvalue weighted by atomic mass is 10.1. The van der Waals surface area contributed by atoms with E-state index in [9.17, 15) is 13.6 Å². The number of carbonyl (C=O) groups is 1. The molecule has 0 aliphatic heterocycles. The second kappa shape index (κ2) is 8.96. The van der Waals surface area contributed by atoms with Gasteiger partial charge in [-0.05, 0) is 31.2 Å². The van der Waals surface area contributed by atoms with Crippen molar-refractivity contribution in [1.29, 1.82) is 0 Å². The van der Waals surface area contributed by atoms with Crippen molar-refractivity contribution in [3.8, 4) is 5.75 Å². The molecular formula is C19H22ClF2N2O2+. The number of methoxy groups -OCH3 is 1. The highest BCUT2D eigenvalue weighted by molar-refractivity contribution is 6.30. The van der Waals surface area contributed by atoms with Crippen molar-refractivity contribution < 1.29 is 23.2 Å². The normalized spacial score (nSPS) is 13.2. The predicted octanol–water partition coefficient (Wildman–Crippen LogP) is 2.52. The highest BCUT2D eigenvalue weighted by Gasteiger charge is 2.18. The van der Waals surface area contributed by atoms with Gasteiger partial charge in [-0.2, -0.15) is 0 Å². The molecule has 0 fully saturated rings. The third-order valence-electron chi connectivity index (χ3n) is 4.00. The van der Waals surface area contributed by atoms with Crippen LogP contribution in [0.4, 0.5) is 8.78 Å². The molecule has 0 saturated heterocycles. The van der Waals surface area contributed by atoms with Crippen molar-refractivity contribution in [2.45, 2.75) is 19.5 Å². The Balaban J connectivity index is 1.95. The third-order valence-corrected chi connectivity index (χ3v) is 4.24. The van der Waals surface area contributed by atoms with E-state index in [0.29, 0.717) is 17.3 Å². The first-order chi connectivity index (χ1) is 12.3. The van der Waals surface area contributed by atoms with Crippen LogP contribution in [-0.2, 0) is 11.3 Å². The van der Waals surface area contributed by atoms with E-state index in [0.717, 1.165) is 16.5 Å².